The molecule has 0 aromatic carbocycles. The van der Waals surface area contributed by atoms with Crippen LogP contribution in [0, 0.1) is 5.92 Å². The number of carbonyl (C=O) groups is 2. The Morgan fingerprint density at radius 3 is 3.04 bits per heavy atom. The minimum atomic E-state index is -0.423. The molecule has 4 N–H and O–H groups in total. The molecular weight excluding hydrogens is 332 g/mol. The summed E-state index contributed by atoms with van der Waals surface area (Å²) in [5, 5.41) is 20.3. The molecule has 3 heterocycles. The second kappa shape index (κ2) is 7.56. The van der Waals surface area contributed by atoms with Crippen LogP contribution in [0.3, 0.4) is 0 Å². The highest BCUT2D eigenvalue weighted by Crippen LogP contribution is 2.17. The third kappa shape index (κ3) is 4.19. The van der Waals surface area contributed by atoms with Crippen molar-refractivity contribution >= 4 is 28.3 Å². The van der Waals surface area contributed by atoms with Gasteiger partial charge in [0.2, 0.25) is 5.91 Å². The molecule has 2 aromatic heterocycles. The van der Waals surface area contributed by atoms with Gasteiger partial charge in [0.1, 0.15) is 0 Å². The van der Waals surface area contributed by atoms with Gasteiger partial charge in [0.15, 0.2) is 10.9 Å². The fraction of sp³-hybridized carbons (Fsp3) is 0.400. The van der Waals surface area contributed by atoms with Crippen molar-refractivity contribution < 1.29 is 19.1 Å². The van der Waals surface area contributed by atoms with Gasteiger partial charge in [-0.1, -0.05) is 0 Å². The highest BCUT2D eigenvalue weighted by molar-refractivity contribution is 7.14. The van der Waals surface area contributed by atoms with Gasteiger partial charge in [-0.15, -0.1) is 11.3 Å². The maximum absolute atomic E-state index is 11.9. The Morgan fingerprint density at radius 1 is 1.46 bits per heavy atom. The highest BCUT2D eigenvalue weighted by Gasteiger charge is 2.25. The Labute approximate surface area is 142 Å². The number of rotatable bonds is 6. The van der Waals surface area contributed by atoms with E-state index >= 15 is 0 Å². The lowest BCUT2D eigenvalue weighted by molar-refractivity contribution is -0.120. The van der Waals surface area contributed by atoms with Crippen molar-refractivity contribution in [1.82, 2.24) is 15.6 Å². The van der Waals surface area contributed by atoms with E-state index in [9.17, 15) is 14.7 Å². The van der Waals surface area contributed by atoms with Crippen LogP contribution in [0.25, 0.3) is 0 Å². The Hall–Kier alpha value is -2.23. The van der Waals surface area contributed by atoms with E-state index in [1.807, 2.05) is 0 Å². The van der Waals surface area contributed by atoms with E-state index < -0.39 is 6.10 Å². The number of thiazole rings is 1. The van der Waals surface area contributed by atoms with E-state index in [-0.39, 0.29) is 29.9 Å². The highest BCUT2D eigenvalue weighted by atomic mass is 32.1. The van der Waals surface area contributed by atoms with E-state index in [4.69, 9.17) is 4.42 Å². The van der Waals surface area contributed by atoms with Crippen molar-refractivity contribution in [1.29, 1.82) is 0 Å². The summed E-state index contributed by atoms with van der Waals surface area (Å²) in [6.07, 6.45) is 1.13. The first-order valence-corrected chi connectivity index (χ1v) is 8.44. The van der Waals surface area contributed by atoms with Crippen molar-refractivity contribution in [3.05, 3.63) is 35.2 Å². The van der Waals surface area contributed by atoms with Gasteiger partial charge < -0.3 is 20.2 Å². The first-order chi connectivity index (χ1) is 11.6. The average molecular weight is 350 g/mol. The lowest BCUT2D eigenvalue weighted by Gasteiger charge is -2.13. The zero-order chi connectivity index (χ0) is 16.9. The first-order valence-electron chi connectivity index (χ1n) is 7.56. The number of hydrogen-bond acceptors (Lipinski definition) is 7. The van der Waals surface area contributed by atoms with Crippen LogP contribution in [-0.2, 0) is 11.2 Å². The van der Waals surface area contributed by atoms with Gasteiger partial charge in [0.25, 0.3) is 5.91 Å². The molecule has 0 aliphatic carbocycles. The average Bonchev–Trinajstić information content (AvgIpc) is 3.28. The van der Waals surface area contributed by atoms with Crippen LogP contribution in [-0.4, -0.2) is 47.6 Å². The van der Waals surface area contributed by atoms with E-state index in [2.05, 4.69) is 20.9 Å². The molecule has 9 heteroatoms. The molecule has 3 rings (SSSR count). The summed E-state index contributed by atoms with van der Waals surface area (Å²) in [7, 11) is 0. The quantitative estimate of drug-likeness (QED) is 0.592. The molecule has 1 saturated heterocycles. The fourth-order valence-corrected chi connectivity index (χ4v) is 3.12. The van der Waals surface area contributed by atoms with Crippen molar-refractivity contribution in [2.24, 2.45) is 5.92 Å². The number of aliphatic hydroxyl groups excluding tert-OH is 1. The molecular formula is C15H18N4O4S. The van der Waals surface area contributed by atoms with Gasteiger partial charge in [-0.3, -0.25) is 14.9 Å². The van der Waals surface area contributed by atoms with E-state index in [1.54, 1.807) is 17.5 Å². The van der Waals surface area contributed by atoms with Crippen molar-refractivity contribution in [3.8, 4) is 0 Å². The predicted molar refractivity (Wildman–Crippen MR) is 87.9 cm³/mol. The maximum atomic E-state index is 11.9. The van der Waals surface area contributed by atoms with Gasteiger partial charge in [-0.05, 0) is 12.1 Å². The Morgan fingerprint density at radius 2 is 2.33 bits per heavy atom. The summed E-state index contributed by atoms with van der Waals surface area (Å²) in [4.78, 5) is 28.0. The SMILES string of the molecule is O=C(Cc1csc(NC(=O)c2ccco2)n1)NCC1CNCC1O. The predicted octanol–water partition coefficient (Wildman–Crippen LogP) is 0.227. The number of anilines is 1. The van der Waals surface area contributed by atoms with Crippen LogP contribution in [0.4, 0.5) is 5.13 Å². The van der Waals surface area contributed by atoms with Crippen LogP contribution >= 0.6 is 11.3 Å². The summed E-state index contributed by atoms with van der Waals surface area (Å²) in [6.45, 7) is 1.69. The molecule has 0 spiro atoms. The minimum Gasteiger partial charge on any atom is -0.459 e. The molecule has 0 saturated carbocycles. The standard InChI is InChI=1S/C15H18N4O4S/c20-11-7-16-5-9(11)6-17-13(21)4-10-8-24-15(18-10)19-14(22)12-2-1-3-23-12/h1-3,8-9,11,16,20H,4-7H2,(H,17,21)(H,18,19,22). The van der Waals surface area contributed by atoms with Gasteiger partial charge in [0.05, 0.1) is 24.5 Å². The third-order valence-corrected chi connectivity index (χ3v) is 4.53. The molecule has 1 aliphatic rings. The molecule has 128 valence electrons. The van der Waals surface area contributed by atoms with Crippen LogP contribution < -0.4 is 16.0 Å². The first kappa shape index (κ1) is 16.6. The molecule has 2 aromatic rings. The lowest BCUT2D eigenvalue weighted by Crippen LogP contribution is -2.35. The van der Waals surface area contributed by atoms with Crippen LogP contribution in [0.1, 0.15) is 16.2 Å². The molecule has 2 unspecified atom stereocenters. The number of furan rings is 1. The summed E-state index contributed by atoms with van der Waals surface area (Å²) in [5.74, 6) is -0.308. The van der Waals surface area contributed by atoms with Crippen molar-refractivity contribution in [3.63, 3.8) is 0 Å². The number of amides is 2. The van der Waals surface area contributed by atoms with Gasteiger partial charge >= 0.3 is 0 Å². The summed E-state index contributed by atoms with van der Waals surface area (Å²) < 4.78 is 5.00. The second-order valence-corrected chi connectivity index (χ2v) is 6.40. The Balaban J connectivity index is 1.46. The van der Waals surface area contributed by atoms with Crippen LogP contribution in [0.2, 0.25) is 0 Å². The summed E-state index contributed by atoms with van der Waals surface area (Å²) in [6, 6.07) is 3.19. The zero-order valence-corrected chi connectivity index (χ0v) is 13.6. The van der Waals surface area contributed by atoms with Crippen LogP contribution in [0.5, 0.6) is 0 Å². The molecule has 24 heavy (non-hydrogen) atoms. The Kier molecular flexibility index (Phi) is 5.24. The number of nitrogens with one attached hydrogen (secondary N) is 3. The zero-order valence-electron chi connectivity index (χ0n) is 12.8. The Bertz CT molecular complexity index is 700. The van der Waals surface area contributed by atoms with E-state index in [0.29, 0.717) is 30.5 Å². The maximum Gasteiger partial charge on any atom is 0.293 e. The van der Waals surface area contributed by atoms with E-state index in [1.165, 1.54) is 17.6 Å². The molecule has 2 atom stereocenters. The van der Waals surface area contributed by atoms with Gasteiger partial charge in [-0.2, -0.15) is 0 Å². The van der Waals surface area contributed by atoms with Crippen molar-refractivity contribution in [2.75, 3.05) is 25.0 Å². The molecule has 1 fully saturated rings. The summed E-state index contributed by atoms with van der Waals surface area (Å²) in [5.41, 5.74) is 0.581. The van der Waals surface area contributed by atoms with Crippen molar-refractivity contribution in [2.45, 2.75) is 12.5 Å². The normalized spacial score (nSPS) is 20.0. The third-order valence-electron chi connectivity index (χ3n) is 3.72. The fourth-order valence-electron chi connectivity index (χ4n) is 2.41. The smallest absolute Gasteiger partial charge is 0.293 e. The molecule has 0 bridgehead atoms. The monoisotopic (exact) mass is 350 g/mol. The molecule has 0 radical (unpaired) electrons. The minimum absolute atomic E-state index is 0.0347. The number of hydrogen-bond donors (Lipinski definition) is 4. The largest absolute Gasteiger partial charge is 0.459 e. The van der Waals surface area contributed by atoms with Gasteiger partial charge in [-0.25, -0.2) is 4.98 Å². The number of nitrogens with zero attached hydrogens (tertiary/aromatic N) is 1. The second-order valence-electron chi connectivity index (χ2n) is 5.54. The van der Waals surface area contributed by atoms with Crippen LogP contribution in [0.15, 0.2) is 28.2 Å². The number of carbonyl (C=O) groups excluding carboxylic acids is 2. The lowest BCUT2D eigenvalue weighted by atomic mass is 10.1. The molecule has 2 amide bonds. The topological polar surface area (TPSA) is 116 Å². The van der Waals surface area contributed by atoms with E-state index in [0.717, 1.165) is 0 Å². The number of aromatic nitrogens is 1. The van der Waals surface area contributed by atoms with Gasteiger partial charge in [0, 0.05) is 30.9 Å². The molecule has 8 nitrogen and oxygen atoms in total. The number of aliphatic hydroxyl groups is 1. The number of β-amino-alcohol motifs (C(OH)–C–C–N with tert-alkyl or cyclic N) is 1. The molecule has 1 aliphatic heterocycles. The summed E-state index contributed by atoms with van der Waals surface area (Å²) >= 11 is 1.25.